The van der Waals surface area contributed by atoms with E-state index in [0.717, 1.165) is 6.54 Å². The van der Waals surface area contributed by atoms with E-state index in [0.29, 0.717) is 17.6 Å². The van der Waals surface area contributed by atoms with Crippen LogP contribution in [0.25, 0.3) is 0 Å². The Bertz CT molecular complexity index is 1080. The van der Waals surface area contributed by atoms with Crippen molar-refractivity contribution in [2.75, 3.05) is 30.5 Å². The minimum Gasteiger partial charge on any atom is -0.485 e. The van der Waals surface area contributed by atoms with Gasteiger partial charge in [0.1, 0.15) is 30.7 Å². The Hall–Kier alpha value is -3.76. The van der Waals surface area contributed by atoms with Gasteiger partial charge in [0, 0.05) is 37.5 Å². The van der Waals surface area contributed by atoms with Crippen molar-refractivity contribution in [3.63, 3.8) is 0 Å². The second kappa shape index (κ2) is 10.2. The van der Waals surface area contributed by atoms with Crippen LogP contribution in [0.4, 0.5) is 20.4 Å². The van der Waals surface area contributed by atoms with Crippen LogP contribution in [0.1, 0.15) is 23.2 Å². The normalized spacial score (nSPS) is 13.1. The topological polar surface area (TPSA) is 103 Å². The molecule has 2 N–H and O–H groups in total. The highest BCUT2D eigenvalue weighted by Crippen LogP contribution is 2.30. The second-order valence-corrected chi connectivity index (χ2v) is 7.74. The van der Waals surface area contributed by atoms with Crippen molar-refractivity contribution in [1.29, 1.82) is 0 Å². The largest absolute Gasteiger partial charge is 0.485 e. The molecule has 0 radical (unpaired) electrons. The lowest BCUT2D eigenvalue weighted by molar-refractivity contribution is 0.102. The van der Waals surface area contributed by atoms with Crippen LogP contribution < -0.4 is 20.1 Å². The van der Waals surface area contributed by atoms with E-state index < -0.39 is 25.4 Å². The summed E-state index contributed by atoms with van der Waals surface area (Å²) in [7, 11) is 1.72. The number of ether oxygens (including phenoxy) is 2. The second-order valence-electron chi connectivity index (χ2n) is 7.74. The van der Waals surface area contributed by atoms with Gasteiger partial charge in [0.2, 0.25) is 5.88 Å². The fourth-order valence-corrected chi connectivity index (χ4v) is 2.95. The van der Waals surface area contributed by atoms with Gasteiger partial charge in [-0.15, -0.1) is 0 Å². The number of carbonyl (C=O) groups is 1. The van der Waals surface area contributed by atoms with Gasteiger partial charge in [-0.05, 0) is 30.9 Å². The third-order valence-corrected chi connectivity index (χ3v) is 4.86. The minimum atomic E-state index is -1.29. The van der Waals surface area contributed by atoms with E-state index in [1.165, 1.54) is 37.2 Å². The zero-order valence-electron chi connectivity index (χ0n) is 18.0. The standard InChI is InChI=1S/C22H24F2N6O3/c1-30-5-4-19(29-30)28-22(31)15-6-16(32-18(9-23)10-24)8-17(7-15)33-21-13-26-20(12-27-21)25-11-14-2-3-14/h4-8,12-14,18H,2-3,9-11H2,1H3,(H,25,26)(H,28,29,31). The van der Waals surface area contributed by atoms with Crippen molar-refractivity contribution in [3.05, 3.63) is 48.4 Å². The highest BCUT2D eigenvalue weighted by molar-refractivity contribution is 6.04. The fourth-order valence-electron chi connectivity index (χ4n) is 2.95. The summed E-state index contributed by atoms with van der Waals surface area (Å²) in [6.45, 7) is -1.18. The molecule has 0 saturated heterocycles. The molecule has 33 heavy (non-hydrogen) atoms. The molecule has 2 heterocycles. The van der Waals surface area contributed by atoms with E-state index in [1.807, 2.05) is 0 Å². The molecule has 1 fully saturated rings. The molecule has 2 aromatic heterocycles. The molecule has 1 saturated carbocycles. The van der Waals surface area contributed by atoms with Crippen LogP contribution in [0, 0.1) is 5.92 Å². The molecule has 1 aliphatic rings. The van der Waals surface area contributed by atoms with Gasteiger partial charge >= 0.3 is 0 Å². The molecule has 9 nitrogen and oxygen atoms in total. The smallest absolute Gasteiger partial charge is 0.257 e. The van der Waals surface area contributed by atoms with Gasteiger partial charge in [0.15, 0.2) is 11.9 Å². The molecule has 11 heteroatoms. The first-order valence-electron chi connectivity index (χ1n) is 10.5. The first-order chi connectivity index (χ1) is 16.0. The highest BCUT2D eigenvalue weighted by Gasteiger charge is 2.21. The molecule has 0 spiro atoms. The zero-order chi connectivity index (χ0) is 23.2. The summed E-state index contributed by atoms with van der Waals surface area (Å²) in [5.41, 5.74) is 0.153. The van der Waals surface area contributed by atoms with Crippen LogP contribution in [0.2, 0.25) is 0 Å². The molecule has 4 rings (SSSR count). The van der Waals surface area contributed by atoms with E-state index >= 15 is 0 Å². The predicted octanol–water partition coefficient (Wildman–Crippen LogP) is 3.76. The monoisotopic (exact) mass is 458 g/mol. The first-order valence-corrected chi connectivity index (χ1v) is 10.5. The Kier molecular flexibility index (Phi) is 6.96. The quantitative estimate of drug-likeness (QED) is 0.451. The molecule has 0 bridgehead atoms. The third kappa shape index (κ3) is 6.37. The lowest BCUT2D eigenvalue weighted by atomic mass is 10.2. The maximum absolute atomic E-state index is 13.0. The molecule has 0 aliphatic heterocycles. The Morgan fingerprint density at radius 2 is 1.94 bits per heavy atom. The number of benzene rings is 1. The van der Waals surface area contributed by atoms with Gasteiger partial charge in [-0.25, -0.2) is 18.7 Å². The molecule has 174 valence electrons. The molecule has 0 atom stereocenters. The van der Waals surface area contributed by atoms with Crippen molar-refractivity contribution in [2.24, 2.45) is 13.0 Å². The van der Waals surface area contributed by atoms with Gasteiger partial charge < -0.3 is 20.1 Å². The summed E-state index contributed by atoms with van der Waals surface area (Å²) in [6, 6.07) is 5.90. The number of anilines is 2. The van der Waals surface area contributed by atoms with E-state index in [4.69, 9.17) is 9.47 Å². The summed E-state index contributed by atoms with van der Waals surface area (Å²) in [5, 5.41) is 9.96. The summed E-state index contributed by atoms with van der Waals surface area (Å²) < 4.78 is 38.6. The van der Waals surface area contributed by atoms with E-state index in [-0.39, 0.29) is 22.9 Å². The highest BCUT2D eigenvalue weighted by atomic mass is 19.1. The number of aromatic nitrogens is 4. The van der Waals surface area contributed by atoms with Crippen molar-refractivity contribution >= 4 is 17.5 Å². The number of aryl methyl sites for hydroxylation is 1. The van der Waals surface area contributed by atoms with E-state index in [9.17, 15) is 13.6 Å². The number of hydrogen-bond donors (Lipinski definition) is 2. The summed E-state index contributed by atoms with van der Waals surface area (Å²) in [5.74, 6) is 1.65. The van der Waals surface area contributed by atoms with Gasteiger partial charge in [-0.3, -0.25) is 9.48 Å². The molecule has 1 aliphatic carbocycles. The molecule has 1 amide bonds. The van der Waals surface area contributed by atoms with Crippen molar-refractivity contribution in [3.8, 4) is 17.4 Å². The number of nitrogens with zero attached hydrogens (tertiary/aromatic N) is 4. The molecule has 3 aromatic rings. The van der Waals surface area contributed by atoms with Crippen LogP contribution in [0.5, 0.6) is 17.4 Å². The number of alkyl halides is 2. The molecular weight excluding hydrogens is 434 g/mol. The SMILES string of the molecule is Cn1ccc(NC(=O)c2cc(Oc3cnc(NCC4CC4)cn3)cc(OC(CF)CF)c2)n1. The van der Waals surface area contributed by atoms with Crippen LogP contribution in [0.3, 0.4) is 0 Å². The minimum absolute atomic E-state index is 0.0784. The number of rotatable bonds is 11. The van der Waals surface area contributed by atoms with Gasteiger partial charge in [0.25, 0.3) is 5.91 Å². The third-order valence-electron chi connectivity index (χ3n) is 4.86. The van der Waals surface area contributed by atoms with Crippen LogP contribution >= 0.6 is 0 Å². The van der Waals surface area contributed by atoms with Crippen molar-refractivity contribution in [2.45, 2.75) is 18.9 Å². The maximum Gasteiger partial charge on any atom is 0.257 e. The average Bonchev–Trinajstić information content (AvgIpc) is 3.56. The summed E-state index contributed by atoms with van der Waals surface area (Å²) in [6.07, 6.45) is 5.84. The molecule has 0 unspecified atom stereocenters. The van der Waals surface area contributed by atoms with Crippen LogP contribution in [-0.2, 0) is 7.05 Å². The Labute approximate surface area is 189 Å². The lowest BCUT2D eigenvalue weighted by Gasteiger charge is -2.15. The average molecular weight is 458 g/mol. The van der Waals surface area contributed by atoms with E-state index in [2.05, 4.69) is 25.7 Å². The fraction of sp³-hybridized carbons (Fsp3) is 0.364. The number of hydrogen-bond acceptors (Lipinski definition) is 7. The maximum atomic E-state index is 13.0. The Morgan fingerprint density at radius 3 is 2.58 bits per heavy atom. The van der Waals surface area contributed by atoms with Gasteiger partial charge in [0.05, 0.1) is 12.4 Å². The number of carbonyl (C=O) groups excluding carboxylic acids is 1. The van der Waals surface area contributed by atoms with Crippen molar-refractivity contribution < 1.29 is 23.0 Å². The number of halogens is 2. The zero-order valence-corrected chi connectivity index (χ0v) is 18.0. The summed E-state index contributed by atoms with van der Waals surface area (Å²) >= 11 is 0. The van der Waals surface area contributed by atoms with Gasteiger partial charge in [-0.2, -0.15) is 5.10 Å². The summed E-state index contributed by atoms with van der Waals surface area (Å²) in [4.78, 5) is 21.2. The number of nitrogens with one attached hydrogen (secondary N) is 2. The predicted molar refractivity (Wildman–Crippen MR) is 117 cm³/mol. The van der Waals surface area contributed by atoms with Gasteiger partial charge in [-0.1, -0.05) is 0 Å². The molecule has 1 aromatic carbocycles. The van der Waals surface area contributed by atoms with Crippen LogP contribution in [0.15, 0.2) is 42.9 Å². The van der Waals surface area contributed by atoms with Crippen molar-refractivity contribution in [1.82, 2.24) is 19.7 Å². The van der Waals surface area contributed by atoms with E-state index in [1.54, 1.807) is 30.2 Å². The first kappa shape index (κ1) is 22.4. The number of amides is 1. The Balaban J connectivity index is 1.51. The lowest BCUT2D eigenvalue weighted by Crippen LogP contribution is -2.21. The molecular formula is C22H24F2N6O3. The Morgan fingerprint density at radius 1 is 1.15 bits per heavy atom. The van der Waals surface area contributed by atoms with Crippen LogP contribution in [-0.4, -0.2) is 51.7 Å².